The fourth-order valence-electron chi connectivity index (χ4n) is 1.50. The molecule has 0 amide bonds. The van der Waals surface area contributed by atoms with Gasteiger partial charge in [-0.1, -0.05) is 48.0 Å². The molecule has 4 heteroatoms. The maximum atomic E-state index is 12.5. The molecule has 0 saturated carbocycles. The predicted octanol–water partition coefficient (Wildman–Crippen LogP) is 5.28. The second-order valence-corrected chi connectivity index (χ2v) is 4.97. The van der Waals surface area contributed by atoms with Gasteiger partial charge in [0.2, 0.25) is 0 Å². The maximum Gasteiger partial charge on any atom is 0.416 e. The molecule has 0 fully saturated rings. The Morgan fingerprint density at radius 1 is 1.41 bits per heavy atom. The molecule has 0 spiro atoms. The highest BCUT2D eigenvalue weighted by molar-refractivity contribution is 9.09. The van der Waals surface area contributed by atoms with Crippen LogP contribution >= 0.6 is 15.9 Å². The van der Waals surface area contributed by atoms with Crippen molar-refractivity contribution < 1.29 is 13.2 Å². The van der Waals surface area contributed by atoms with E-state index >= 15 is 0 Å². The Hall–Kier alpha value is -0.770. The minimum Gasteiger partial charge on any atom is -0.166 e. The molecule has 0 radical (unpaired) electrons. The standard InChI is InChI=1S/C13H14BrF3/c1-3-5-12(14)9(2)10-6-4-7-11(8-10)13(15,16)17/h4,6-8,12H,2-3,5H2,1H3. The SMILES string of the molecule is C=C(c1cccc(C(F)(F)F)c1)C(Br)CCC. The molecule has 1 aromatic rings. The van der Waals surface area contributed by atoms with Crippen LogP contribution in [0.1, 0.15) is 30.9 Å². The molecule has 0 saturated heterocycles. The van der Waals surface area contributed by atoms with Crippen molar-refractivity contribution in [1.29, 1.82) is 0 Å². The number of allylic oxidation sites excluding steroid dienone is 1. The van der Waals surface area contributed by atoms with Gasteiger partial charge >= 0.3 is 6.18 Å². The Labute approximate surface area is 108 Å². The zero-order valence-electron chi connectivity index (χ0n) is 9.52. The van der Waals surface area contributed by atoms with Crippen LogP contribution in [0.5, 0.6) is 0 Å². The van der Waals surface area contributed by atoms with Crippen molar-refractivity contribution in [2.45, 2.75) is 30.8 Å². The number of halogens is 4. The van der Waals surface area contributed by atoms with E-state index in [1.54, 1.807) is 6.07 Å². The summed E-state index contributed by atoms with van der Waals surface area (Å²) >= 11 is 3.43. The van der Waals surface area contributed by atoms with Crippen LogP contribution < -0.4 is 0 Å². The first-order valence-corrected chi connectivity index (χ1v) is 6.28. The van der Waals surface area contributed by atoms with E-state index in [1.807, 2.05) is 6.92 Å². The Morgan fingerprint density at radius 3 is 2.59 bits per heavy atom. The molecular formula is C13H14BrF3. The normalized spacial score (nSPS) is 13.5. The van der Waals surface area contributed by atoms with Crippen LogP contribution in [0.4, 0.5) is 13.2 Å². The average Bonchev–Trinajstić information content (AvgIpc) is 2.27. The van der Waals surface area contributed by atoms with Crippen molar-refractivity contribution in [3.8, 4) is 0 Å². The van der Waals surface area contributed by atoms with E-state index in [2.05, 4.69) is 22.5 Å². The molecule has 1 atom stereocenters. The fourth-order valence-corrected chi connectivity index (χ4v) is 2.23. The maximum absolute atomic E-state index is 12.5. The largest absolute Gasteiger partial charge is 0.416 e. The highest BCUT2D eigenvalue weighted by atomic mass is 79.9. The van der Waals surface area contributed by atoms with Gasteiger partial charge < -0.3 is 0 Å². The van der Waals surface area contributed by atoms with Gasteiger partial charge in [-0.2, -0.15) is 13.2 Å². The summed E-state index contributed by atoms with van der Waals surface area (Å²) in [4.78, 5) is 0.0241. The number of hydrogen-bond acceptors (Lipinski definition) is 0. The summed E-state index contributed by atoms with van der Waals surface area (Å²) in [6.07, 6.45) is -2.49. The molecule has 0 aliphatic rings. The Morgan fingerprint density at radius 2 is 2.06 bits per heavy atom. The van der Waals surface area contributed by atoms with Gasteiger partial charge in [0.25, 0.3) is 0 Å². The Bertz CT molecular complexity index is 396. The molecule has 0 aliphatic carbocycles. The summed E-state index contributed by atoms with van der Waals surface area (Å²) in [5.41, 5.74) is 0.598. The second kappa shape index (κ2) is 5.71. The van der Waals surface area contributed by atoms with E-state index in [1.165, 1.54) is 6.07 Å². The average molecular weight is 307 g/mol. The number of hydrogen-bond donors (Lipinski definition) is 0. The van der Waals surface area contributed by atoms with Crippen molar-refractivity contribution in [1.82, 2.24) is 0 Å². The zero-order chi connectivity index (χ0) is 13.1. The smallest absolute Gasteiger partial charge is 0.166 e. The summed E-state index contributed by atoms with van der Waals surface area (Å²) in [6.45, 7) is 5.87. The van der Waals surface area contributed by atoms with Crippen LogP contribution in [0, 0.1) is 0 Å². The van der Waals surface area contributed by atoms with Crippen molar-refractivity contribution in [2.75, 3.05) is 0 Å². The summed E-state index contributed by atoms with van der Waals surface area (Å²) < 4.78 is 37.6. The van der Waals surface area contributed by atoms with Gasteiger partial charge in [0.05, 0.1) is 5.56 Å². The van der Waals surface area contributed by atoms with Crippen LogP contribution in [0.3, 0.4) is 0 Å². The Balaban J connectivity index is 2.96. The van der Waals surface area contributed by atoms with Crippen molar-refractivity contribution in [2.24, 2.45) is 0 Å². The van der Waals surface area contributed by atoms with Crippen LogP contribution in [0.2, 0.25) is 0 Å². The molecule has 1 unspecified atom stereocenters. The zero-order valence-corrected chi connectivity index (χ0v) is 11.1. The quantitative estimate of drug-likeness (QED) is 0.664. The monoisotopic (exact) mass is 306 g/mol. The third kappa shape index (κ3) is 3.87. The first-order valence-electron chi connectivity index (χ1n) is 5.36. The van der Waals surface area contributed by atoms with Gasteiger partial charge in [-0.05, 0) is 29.7 Å². The molecule has 1 rings (SSSR count). The lowest BCUT2D eigenvalue weighted by Gasteiger charge is -2.14. The van der Waals surface area contributed by atoms with Crippen molar-refractivity contribution >= 4 is 21.5 Å². The summed E-state index contributed by atoms with van der Waals surface area (Å²) in [5, 5.41) is 0. The summed E-state index contributed by atoms with van der Waals surface area (Å²) in [7, 11) is 0. The number of benzene rings is 1. The van der Waals surface area contributed by atoms with E-state index in [-0.39, 0.29) is 4.83 Å². The van der Waals surface area contributed by atoms with Gasteiger partial charge in [0.1, 0.15) is 0 Å². The van der Waals surface area contributed by atoms with E-state index in [9.17, 15) is 13.2 Å². The molecule has 0 N–H and O–H groups in total. The lowest BCUT2D eigenvalue weighted by Crippen LogP contribution is -2.06. The third-order valence-electron chi connectivity index (χ3n) is 2.48. The van der Waals surface area contributed by atoms with Gasteiger partial charge in [0, 0.05) is 4.83 Å². The Kier molecular flexibility index (Phi) is 4.80. The highest BCUT2D eigenvalue weighted by Crippen LogP contribution is 2.32. The topological polar surface area (TPSA) is 0 Å². The minimum atomic E-state index is -4.30. The van der Waals surface area contributed by atoms with E-state index in [4.69, 9.17) is 0 Å². The first kappa shape index (κ1) is 14.3. The fraction of sp³-hybridized carbons (Fsp3) is 0.385. The van der Waals surface area contributed by atoms with Crippen LogP contribution in [-0.2, 0) is 6.18 Å². The predicted molar refractivity (Wildman–Crippen MR) is 68.1 cm³/mol. The molecular weight excluding hydrogens is 293 g/mol. The summed E-state index contributed by atoms with van der Waals surface area (Å²) in [5.74, 6) is 0. The van der Waals surface area contributed by atoms with Crippen molar-refractivity contribution in [3.63, 3.8) is 0 Å². The number of alkyl halides is 4. The van der Waals surface area contributed by atoms with Crippen LogP contribution in [0.15, 0.2) is 30.8 Å². The molecule has 0 aromatic heterocycles. The lowest BCUT2D eigenvalue weighted by atomic mass is 10.00. The van der Waals surface area contributed by atoms with Gasteiger partial charge in [0.15, 0.2) is 0 Å². The van der Waals surface area contributed by atoms with Gasteiger partial charge in [-0.3, -0.25) is 0 Å². The molecule has 1 aromatic carbocycles. The molecule has 0 nitrogen and oxygen atoms in total. The van der Waals surface area contributed by atoms with Crippen LogP contribution in [0.25, 0.3) is 5.57 Å². The van der Waals surface area contributed by atoms with Gasteiger partial charge in [-0.25, -0.2) is 0 Å². The number of rotatable bonds is 4. The van der Waals surface area contributed by atoms with Crippen LogP contribution in [-0.4, -0.2) is 4.83 Å². The van der Waals surface area contributed by atoms with Crippen molar-refractivity contribution in [3.05, 3.63) is 42.0 Å². The van der Waals surface area contributed by atoms with Gasteiger partial charge in [-0.15, -0.1) is 0 Å². The second-order valence-electron chi connectivity index (χ2n) is 3.86. The molecule has 0 heterocycles. The molecule has 17 heavy (non-hydrogen) atoms. The van der Waals surface area contributed by atoms with E-state index in [0.29, 0.717) is 11.1 Å². The highest BCUT2D eigenvalue weighted by Gasteiger charge is 2.30. The summed E-state index contributed by atoms with van der Waals surface area (Å²) in [6, 6.07) is 5.28. The minimum absolute atomic E-state index is 0.0241. The van der Waals surface area contributed by atoms with E-state index in [0.717, 1.165) is 25.0 Å². The molecule has 94 valence electrons. The molecule has 0 aliphatic heterocycles. The lowest BCUT2D eigenvalue weighted by molar-refractivity contribution is -0.137. The third-order valence-corrected chi connectivity index (χ3v) is 3.49. The first-order chi connectivity index (χ1) is 7.86. The molecule has 0 bridgehead atoms. The van der Waals surface area contributed by atoms with E-state index < -0.39 is 11.7 Å².